The summed E-state index contributed by atoms with van der Waals surface area (Å²) < 4.78 is 25.7. The highest BCUT2D eigenvalue weighted by Gasteiger charge is 2.20. The summed E-state index contributed by atoms with van der Waals surface area (Å²) in [5.41, 5.74) is 3.40. The molecule has 0 aliphatic carbocycles. The van der Waals surface area contributed by atoms with Crippen LogP contribution in [0.5, 0.6) is 0 Å². The Morgan fingerprint density at radius 3 is 2.64 bits per heavy atom. The van der Waals surface area contributed by atoms with Gasteiger partial charge in [-0.3, -0.25) is 9.10 Å². The van der Waals surface area contributed by atoms with Gasteiger partial charge in [0.1, 0.15) is 6.54 Å². The average molecular weight is 445 g/mol. The van der Waals surface area contributed by atoms with Crippen LogP contribution < -0.4 is 9.73 Å². The van der Waals surface area contributed by atoms with Crippen molar-refractivity contribution in [2.75, 3.05) is 17.1 Å². The third-order valence-corrected chi connectivity index (χ3v) is 4.90. The fraction of sp³-hybridized carbons (Fsp3) is 0.125. The van der Waals surface area contributed by atoms with Gasteiger partial charge in [0, 0.05) is 9.50 Å². The molecule has 2 aromatic carbocycles. The predicted molar refractivity (Wildman–Crippen MR) is 104 cm³/mol. The van der Waals surface area contributed by atoms with E-state index in [1.807, 2.05) is 0 Å². The van der Waals surface area contributed by atoms with Crippen LogP contribution in [0.3, 0.4) is 0 Å². The number of benzene rings is 2. The summed E-state index contributed by atoms with van der Waals surface area (Å²) >= 11 is 9.14. The second kappa shape index (κ2) is 8.46. The van der Waals surface area contributed by atoms with Gasteiger partial charge in [0.2, 0.25) is 10.0 Å². The molecule has 2 rings (SSSR count). The average Bonchev–Trinajstić information content (AvgIpc) is 2.51. The number of hydrazone groups is 1. The first kappa shape index (κ1) is 19.4. The van der Waals surface area contributed by atoms with Crippen LogP contribution in [0.4, 0.5) is 5.69 Å². The Labute approximate surface area is 159 Å². The molecule has 0 aliphatic rings. The lowest BCUT2D eigenvalue weighted by Crippen LogP contribution is -2.39. The van der Waals surface area contributed by atoms with Crippen molar-refractivity contribution in [1.82, 2.24) is 5.43 Å². The molecular weight excluding hydrogens is 430 g/mol. The fourth-order valence-electron chi connectivity index (χ4n) is 1.96. The fourth-order valence-corrected chi connectivity index (χ4v) is 3.40. The molecule has 0 atom stereocenters. The molecule has 0 aliphatic heterocycles. The molecule has 0 saturated carbocycles. The maximum atomic E-state index is 12.0. The van der Waals surface area contributed by atoms with Gasteiger partial charge in [-0.2, -0.15) is 5.10 Å². The van der Waals surface area contributed by atoms with Crippen LogP contribution in [0, 0.1) is 0 Å². The Morgan fingerprint density at radius 2 is 2.00 bits per heavy atom. The number of halogens is 2. The highest BCUT2D eigenvalue weighted by molar-refractivity contribution is 9.10. The van der Waals surface area contributed by atoms with Crippen LogP contribution in [-0.4, -0.2) is 33.3 Å². The zero-order valence-corrected chi connectivity index (χ0v) is 16.3. The lowest BCUT2D eigenvalue weighted by Gasteiger charge is -2.21. The molecule has 0 bridgehead atoms. The molecule has 0 spiro atoms. The third-order valence-electron chi connectivity index (χ3n) is 3.04. The maximum absolute atomic E-state index is 12.0. The molecule has 1 amide bonds. The molecule has 0 aromatic heterocycles. The molecule has 25 heavy (non-hydrogen) atoms. The lowest BCUT2D eigenvalue weighted by atomic mass is 10.2. The second-order valence-electron chi connectivity index (χ2n) is 5.10. The van der Waals surface area contributed by atoms with E-state index < -0.39 is 15.9 Å². The van der Waals surface area contributed by atoms with E-state index in [2.05, 4.69) is 26.5 Å². The van der Waals surface area contributed by atoms with Crippen LogP contribution in [0.15, 0.2) is 58.1 Å². The standard InChI is InChI=1S/C16H15BrClN3O3S/c1-25(23,24)21(15-7-3-5-13(17)9-15)11-16(22)20-19-10-12-4-2-6-14(18)8-12/h2-10H,11H2,1H3,(H,20,22)/b19-10+. The van der Waals surface area contributed by atoms with Crippen molar-refractivity contribution in [1.29, 1.82) is 0 Å². The van der Waals surface area contributed by atoms with Gasteiger partial charge in [0.05, 0.1) is 18.2 Å². The van der Waals surface area contributed by atoms with E-state index in [0.29, 0.717) is 20.7 Å². The summed E-state index contributed by atoms with van der Waals surface area (Å²) in [4.78, 5) is 12.0. The van der Waals surface area contributed by atoms with Gasteiger partial charge < -0.3 is 0 Å². The minimum atomic E-state index is -3.63. The van der Waals surface area contributed by atoms with Gasteiger partial charge in [-0.1, -0.05) is 45.7 Å². The molecule has 0 radical (unpaired) electrons. The number of carbonyl (C=O) groups excluding carboxylic acids is 1. The highest BCUT2D eigenvalue weighted by Crippen LogP contribution is 2.21. The number of sulfonamides is 1. The Morgan fingerprint density at radius 1 is 1.28 bits per heavy atom. The van der Waals surface area contributed by atoms with Crippen molar-refractivity contribution in [3.05, 3.63) is 63.6 Å². The van der Waals surface area contributed by atoms with Crippen molar-refractivity contribution < 1.29 is 13.2 Å². The molecule has 9 heteroatoms. The Balaban J connectivity index is 2.07. The summed E-state index contributed by atoms with van der Waals surface area (Å²) in [5, 5.41) is 4.36. The molecule has 132 valence electrons. The van der Waals surface area contributed by atoms with Crippen LogP contribution in [0.1, 0.15) is 5.56 Å². The van der Waals surface area contributed by atoms with Gasteiger partial charge in [-0.25, -0.2) is 13.8 Å². The Bertz CT molecular complexity index is 903. The summed E-state index contributed by atoms with van der Waals surface area (Å²) in [6.07, 6.45) is 2.46. The maximum Gasteiger partial charge on any atom is 0.260 e. The second-order valence-corrected chi connectivity index (χ2v) is 8.36. The first-order valence-electron chi connectivity index (χ1n) is 7.06. The molecule has 0 fully saturated rings. The van der Waals surface area contributed by atoms with Crippen LogP contribution >= 0.6 is 27.5 Å². The van der Waals surface area contributed by atoms with Gasteiger partial charge in [-0.05, 0) is 35.9 Å². The van der Waals surface area contributed by atoms with Crippen molar-refractivity contribution >= 4 is 55.4 Å². The molecule has 0 saturated heterocycles. The van der Waals surface area contributed by atoms with Crippen LogP contribution in [0.2, 0.25) is 5.02 Å². The molecule has 2 aromatic rings. The zero-order chi connectivity index (χ0) is 18.4. The van der Waals surface area contributed by atoms with E-state index in [0.717, 1.165) is 10.6 Å². The number of rotatable bonds is 6. The third kappa shape index (κ3) is 6.15. The van der Waals surface area contributed by atoms with Gasteiger partial charge in [0.25, 0.3) is 5.91 Å². The lowest BCUT2D eigenvalue weighted by molar-refractivity contribution is -0.119. The number of nitrogens with one attached hydrogen (secondary N) is 1. The molecular formula is C16H15BrClN3O3S. The Hall–Kier alpha value is -1.90. The van der Waals surface area contributed by atoms with Crippen LogP contribution in [-0.2, 0) is 14.8 Å². The first-order chi connectivity index (χ1) is 11.8. The smallest absolute Gasteiger partial charge is 0.260 e. The van der Waals surface area contributed by atoms with Crippen molar-refractivity contribution in [3.63, 3.8) is 0 Å². The molecule has 6 nitrogen and oxygen atoms in total. The SMILES string of the molecule is CS(=O)(=O)N(CC(=O)N/N=C/c1cccc(Cl)c1)c1cccc(Br)c1. The van der Waals surface area contributed by atoms with Crippen LogP contribution in [0.25, 0.3) is 0 Å². The van der Waals surface area contributed by atoms with E-state index in [-0.39, 0.29) is 6.54 Å². The Kier molecular flexibility index (Phi) is 6.57. The topological polar surface area (TPSA) is 78.8 Å². The monoisotopic (exact) mass is 443 g/mol. The van der Waals surface area contributed by atoms with Gasteiger partial charge in [-0.15, -0.1) is 0 Å². The van der Waals surface area contributed by atoms with Gasteiger partial charge >= 0.3 is 0 Å². The van der Waals surface area contributed by atoms with Crippen molar-refractivity contribution in [2.24, 2.45) is 5.10 Å². The number of hydrogen-bond donors (Lipinski definition) is 1. The summed E-state index contributed by atoms with van der Waals surface area (Å²) in [6.45, 7) is -0.387. The van der Waals surface area contributed by atoms with E-state index in [1.165, 1.54) is 6.21 Å². The summed E-state index contributed by atoms with van der Waals surface area (Å²) in [7, 11) is -3.63. The van der Waals surface area contributed by atoms with E-state index in [9.17, 15) is 13.2 Å². The van der Waals surface area contributed by atoms with Gasteiger partial charge in [0.15, 0.2) is 0 Å². The molecule has 0 heterocycles. The van der Waals surface area contributed by atoms with E-state index >= 15 is 0 Å². The number of carbonyl (C=O) groups is 1. The quantitative estimate of drug-likeness (QED) is 0.549. The normalized spacial score (nSPS) is 11.5. The summed E-state index contributed by atoms with van der Waals surface area (Å²) in [6, 6.07) is 13.6. The minimum absolute atomic E-state index is 0.380. The highest BCUT2D eigenvalue weighted by atomic mass is 79.9. The van der Waals surface area contributed by atoms with Crippen molar-refractivity contribution in [2.45, 2.75) is 0 Å². The molecule has 1 N–H and O–H groups in total. The van der Waals surface area contributed by atoms with Crippen molar-refractivity contribution in [3.8, 4) is 0 Å². The number of amides is 1. The van der Waals surface area contributed by atoms with E-state index in [1.54, 1.807) is 48.5 Å². The van der Waals surface area contributed by atoms with E-state index in [4.69, 9.17) is 11.6 Å². The minimum Gasteiger partial charge on any atom is -0.271 e. The predicted octanol–water partition coefficient (Wildman–Crippen LogP) is 3.02. The molecule has 0 unspecified atom stereocenters. The first-order valence-corrected chi connectivity index (χ1v) is 10.1. The number of hydrogen-bond acceptors (Lipinski definition) is 4. The zero-order valence-electron chi connectivity index (χ0n) is 13.2. The number of nitrogens with zero attached hydrogens (tertiary/aromatic N) is 2. The largest absolute Gasteiger partial charge is 0.271 e. The number of anilines is 1. The summed E-state index contributed by atoms with van der Waals surface area (Å²) in [5.74, 6) is -0.566.